The fourth-order valence-electron chi connectivity index (χ4n) is 3.13. The van der Waals surface area contributed by atoms with Gasteiger partial charge in [-0.15, -0.1) is 0 Å². The van der Waals surface area contributed by atoms with Gasteiger partial charge in [-0.1, -0.05) is 41.7 Å². The van der Waals surface area contributed by atoms with Gasteiger partial charge in [0.2, 0.25) is 10.0 Å². The molecule has 0 radical (unpaired) electrons. The van der Waals surface area contributed by atoms with Crippen LogP contribution in [-0.2, 0) is 16.6 Å². The number of aromatic nitrogens is 1. The zero-order valence-electron chi connectivity index (χ0n) is 17.4. The van der Waals surface area contributed by atoms with E-state index in [-0.39, 0.29) is 23.2 Å². The smallest absolute Gasteiger partial charge is 0.260 e. The van der Waals surface area contributed by atoms with Gasteiger partial charge in [-0.2, -0.15) is 0 Å². The van der Waals surface area contributed by atoms with Crippen LogP contribution in [0.25, 0.3) is 10.2 Å². The third kappa shape index (κ3) is 4.40. The molecule has 0 unspecified atom stereocenters. The highest BCUT2D eigenvalue weighted by Gasteiger charge is 2.23. The van der Waals surface area contributed by atoms with Crippen molar-refractivity contribution in [1.29, 1.82) is 0 Å². The predicted molar refractivity (Wildman–Crippen MR) is 124 cm³/mol. The van der Waals surface area contributed by atoms with E-state index in [1.54, 1.807) is 6.07 Å². The summed E-state index contributed by atoms with van der Waals surface area (Å²) in [5, 5.41) is 0.435. The number of benzene rings is 3. The lowest BCUT2D eigenvalue weighted by Gasteiger charge is -2.20. The Labute approximate surface area is 189 Å². The molecule has 0 aliphatic carbocycles. The summed E-state index contributed by atoms with van der Waals surface area (Å²) in [5.41, 5.74) is 1.83. The van der Waals surface area contributed by atoms with Gasteiger partial charge < -0.3 is 0 Å². The Hall–Kier alpha value is -3.14. The number of thiazole rings is 1. The van der Waals surface area contributed by atoms with Crippen molar-refractivity contribution in [3.05, 3.63) is 89.7 Å². The second-order valence-corrected chi connectivity index (χ2v) is 10.5. The van der Waals surface area contributed by atoms with Gasteiger partial charge in [0, 0.05) is 19.7 Å². The van der Waals surface area contributed by atoms with E-state index in [0.717, 1.165) is 9.87 Å². The minimum Gasteiger partial charge on any atom is -0.279 e. The van der Waals surface area contributed by atoms with Gasteiger partial charge in [-0.05, 0) is 48.0 Å². The summed E-state index contributed by atoms with van der Waals surface area (Å²) in [6, 6.07) is 19.6. The average molecular weight is 470 g/mol. The SMILES string of the molecule is CN(C)S(=O)(=O)c1ccc(C(=O)N(Cc2ccccc2)c2nc3ccc(F)cc3s2)cc1. The number of nitrogens with zero attached hydrogens (tertiary/aromatic N) is 3. The molecule has 6 nitrogen and oxygen atoms in total. The first-order chi connectivity index (χ1) is 15.3. The lowest BCUT2D eigenvalue weighted by molar-refractivity contribution is 0.0985. The van der Waals surface area contributed by atoms with Crippen LogP contribution in [0, 0.1) is 5.82 Å². The van der Waals surface area contributed by atoms with Crippen molar-refractivity contribution in [3.8, 4) is 0 Å². The van der Waals surface area contributed by atoms with Crippen molar-refractivity contribution in [2.75, 3.05) is 19.0 Å². The molecule has 0 saturated carbocycles. The molecule has 3 aromatic carbocycles. The van der Waals surface area contributed by atoms with Crippen molar-refractivity contribution in [2.45, 2.75) is 11.4 Å². The number of hydrogen-bond acceptors (Lipinski definition) is 5. The molecule has 32 heavy (non-hydrogen) atoms. The number of fused-ring (bicyclic) bond motifs is 1. The molecule has 0 bridgehead atoms. The zero-order valence-corrected chi connectivity index (χ0v) is 19.0. The predicted octanol–water partition coefficient (Wildman–Crippen LogP) is 4.53. The molecule has 4 aromatic rings. The standard InChI is InChI=1S/C23H20FN3O3S2/c1-26(2)32(29,30)19-11-8-17(9-12-19)22(28)27(15-16-6-4-3-5-7-16)23-25-20-13-10-18(24)14-21(20)31-23/h3-14H,15H2,1-2H3. The summed E-state index contributed by atoms with van der Waals surface area (Å²) in [4.78, 5) is 19.6. The zero-order chi connectivity index (χ0) is 22.9. The fourth-order valence-corrected chi connectivity index (χ4v) is 5.02. The summed E-state index contributed by atoms with van der Waals surface area (Å²) in [6.45, 7) is 0.264. The minimum atomic E-state index is -3.60. The van der Waals surface area contributed by atoms with Crippen LogP contribution in [0.15, 0.2) is 77.7 Å². The third-order valence-electron chi connectivity index (χ3n) is 4.88. The summed E-state index contributed by atoms with van der Waals surface area (Å²) >= 11 is 1.22. The van der Waals surface area contributed by atoms with Crippen LogP contribution < -0.4 is 4.90 Å². The third-order valence-corrected chi connectivity index (χ3v) is 7.75. The molecule has 0 atom stereocenters. The van der Waals surface area contributed by atoms with E-state index in [0.29, 0.717) is 20.9 Å². The Morgan fingerprint density at radius 3 is 2.34 bits per heavy atom. The van der Waals surface area contributed by atoms with E-state index in [1.807, 2.05) is 30.3 Å². The summed E-state index contributed by atoms with van der Waals surface area (Å²) in [5.74, 6) is -0.700. The fraction of sp³-hybridized carbons (Fsp3) is 0.130. The number of amides is 1. The summed E-state index contributed by atoms with van der Waals surface area (Å²) in [6.07, 6.45) is 0. The van der Waals surface area contributed by atoms with Crippen molar-refractivity contribution >= 4 is 42.6 Å². The van der Waals surface area contributed by atoms with E-state index in [4.69, 9.17) is 0 Å². The first-order valence-corrected chi connectivity index (χ1v) is 12.0. The molecule has 0 saturated heterocycles. The largest absolute Gasteiger partial charge is 0.279 e. The molecule has 164 valence electrons. The summed E-state index contributed by atoms with van der Waals surface area (Å²) in [7, 11) is -0.698. The molecule has 0 aliphatic heterocycles. The normalized spacial score (nSPS) is 11.8. The van der Waals surface area contributed by atoms with Crippen LogP contribution in [-0.4, -0.2) is 37.7 Å². The molecule has 0 N–H and O–H groups in total. The highest BCUT2D eigenvalue weighted by molar-refractivity contribution is 7.89. The molecular weight excluding hydrogens is 449 g/mol. The molecule has 1 amide bonds. The highest BCUT2D eigenvalue weighted by Crippen LogP contribution is 2.31. The molecule has 9 heteroatoms. The van der Waals surface area contributed by atoms with E-state index < -0.39 is 10.0 Å². The Bertz CT molecular complexity index is 1370. The van der Waals surface area contributed by atoms with Crippen LogP contribution in [0.2, 0.25) is 0 Å². The van der Waals surface area contributed by atoms with Crippen LogP contribution >= 0.6 is 11.3 Å². The Morgan fingerprint density at radius 1 is 1.00 bits per heavy atom. The average Bonchev–Trinajstić information content (AvgIpc) is 3.20. The van der Waals surface area contributed by atoms with Crippen molar-refractivity contribution in [2.24, 2.45) is 0 Å². The number of carbonyl (C=O) groups is 1. The molecule has 4 rings (SSSR count). The quantitative estimate of drug-likeness (QED) is 0.416. The van der Waals surface area contributed by atoms with Gasteiger partial charge in [0.1, 0.15) is 5.82 Å². The van der Waals surface area contributed by atoms with Gasteiger partial charge in [-0.25, -0.2) is 22.1 Å². The van der Waals surface area contributed by atoms with Gasteiger partial charge >= 0.3 is 0 Å². The molecule has 1 aromatic heterocycles. The van der Waals surface area contributed by atoms with Crippen molar-refractivity contribution in [3.63, 3.8) is 0 Å². The topological polar surface area (TPSA) is 70.6 Å². The maximum absolute atomic E-state index is 13.7. The molecule has 1 heterocycles. The highest BCUT2D eigenvalue weighted by atomic mass is 32.2. The lowest BCUT2D eigenvalue weighted by Crippen LogP contribution is -2.30. The lowest BCUT2D eigenvalue weighted by atomic mass is 10.1. The van der Waals surface area contributed by atoms with E-state index in [9.17, 15) is 17.6 Å². The number of carbonyl (C=O) groups excluding carboxylic acids is 1. The number of halogens is 1. The monoisotopic (exact) mass is 469 g/mol. The van der Waals surface area contributed by atoms with E-state index >= 15 is 0 Å². The van der Waals surface area contributed by atoms with E-state index in [2.05, 4.69) is 4.98 Å². The van der Waals surface area contributed by atoms with Gasteiger partial charge in [0.25, 0.3) is 5.91 Å². The van der Waals surface area contributed by atoms with Gasteiger partial charge in [-0.3, -0.25) is 9.69 Å². The Kier molecular flexibility index (Phi) is 6.05. The Morgan fingerprint density at radius 2 is 1.69 bits per heavy atom. The minimum absolute atomic E-state index is 0.101. The van der Waals surface area contributed by atoms with Crippen molar-refractivity contribution < 1.29 is 17.6 Å². The van der Waals surface area contributed by atoms with Crippen LogP contribution in [0.4, 0.5) is 9.52 Å². The second kappa shape index (κ2) is 8.78. The van der Waals surface area contributed by atoms with E-state index in [1.165, 1.54) is 66.7 Å². The number of anilines is 1. The maximum atomic E-state index is 13.7. The first-order valence-electron chi connectivity index (χ1n) is 9.70. The Balaban J connectivity index is 1.73. The first kappa shape index (κ1) is 22.1. The summed E-state index contributed by atoms with van der Waals surface area (Å²) < 4.78 is 40.1. The van der Waals surface area contributed by atoms with Crippen LogP contribution in [0.1, 0.15) is 15.9 Å². The maximum Gasteiger partial charge on any atom is 0.260 e. The number of hydrogen-bond donors (Lipinski definition) is 0. The molecule has 0 aliphatic rings. The molecule has 0 spiro atoms. The van der Waals surface area contributed by atoms with Crippen molar-refractivity contribution in [1.82, 2.24) is 9.29 Å². The molecule has 0 fully saturated rings. The second-order valence-electron chi connectivity index (χ2n) is 7.30. The van der Waals surface area contributed by atoms with Crippen LogP contribution in [0.5, 0.6) is 0 Å². The number of rotatable bonds is 6. The van der Waals surface area contributed by atoms with Crippen LogP contribution in [0.3, 0.4) is 0 Å². The van der Waals surface area contributed by atoms with Gasteiger partial charge in [0.15, 0.2) is 5.13 Å². The molecular formula is C23H20FN3O3S2. The van der Waals surface area contributed by atoms with Gasteiger partial charge in [0.05, 0.1) is 21.7 Å². The number of sulfonamides is 1.